The van der Waals surface area contributed by atoms with Gasteiger partial charge in [0.05, 0.1) is 0 Å². The molecule has 0 aliphatic carbocycles. The Balaban J connectivity index is 1.81. The second kappa shape index (κ2) is 22.8. The van der Waals surface area contributed by atoms with Crippen molar-refractivity contribution in [3.8, 4) is 0 Å². The van der Waals surface area contributed by atoms with Gasteiger partial charge < -0.3 is 0 Å². The van der Waals surface area contributed by atoms with Crippen molar-refractivity contribution in [2.75, 3.05) is 0 Å². The van der Waals surface area contributed by atoms with Gasteiger partial charge in [0.25, 0.3) is 0 Å². The molecular weight excluding hydrogens is 601 g/mol. The Morgan fingerprint density at radius 2 is 0.520 bits per heavy atom. The monoisotopic (exact) mass is 679 g/mol. The molecule has 0 spiro atoms. The maximum Gasteiger partial charge on any atom is -0.00182 e. The molecule has 0 aromatic heterocycles. The lowest BCUT2D eigenvalue weighted by Gasteiger charge is -2.24. The molecule has 0 aliphatic rings. The van der Waals surface area contributed by atoms with E-state index in [0.29, 0.717) is 0 Å². The summed E-state index contributed by atoms with van der Waals surface area (Å²) < 4.78 is 0. The molecule has 0 saturated heterocycles. The van der Waals surface area contributed by atoms with Gasteiger partial charge in [-0.25, -0.2) is 0 Å². The highest BCUT2D eigenvalue weighted by molar-refractivity contribution is 6.27. The summed E-state index contributed by atoms with van der Waals surface area (Å²) >= 11 is 0. The number of unbranched alkanes of at least 4 members (excludes halogenated alkanes) is 20. The molecule has 0 N–H and O–H groups in total. The van der Waals surface area contributed by atoms with E-state index in [9.17, 15) is 0 Å². The number of rotatable bonds is 28. The third kappa shape index (κ3) is 11.5. The molecule has 0 amide bonds. The van der Waals surface area contributed by atoms with E-state index in [-0.39, 0.29) is 0 Å². The zero-order chi connectivity index (χ0) is 35.6. The van der Waals surface area contributed by atoms with Crippen LogP contribution in [0.15, 0.2) is 24.3 Å². The van der Waals surface area contributed by atoms with Crippen LogP contribution >= 0.6 is 0 Å². The molecule has 0 saturated carbocycles. The summed E-state index contributed by atoms with van der Waals surface area (Å²) in [6.45, 7) is 14.2. The lowest BCUT2D eigenvalue weighted by molar-refractivity contribution is 0.606. The summed E-state index contributed by atoms with van der Waals surface area (Å²) in [6, 6.07) is 10.7. The van der Waals surface area contributed by atoms with Crippen molar-refractivity contribution in [1.29, 1.82) is 0 Å². The zero-order valence-electron chi connectivity index (χ0n) is 34.1. The van der Waals surface area contributed by atoms with Crippen molar-refractivity contribution in [3.05, 3.63) is 57.6 Å². The van der Waals surface area contributed by atoms with Crippen molar-refractivity contribution in [1.82, 2.24) is 0 Å². The fourth-order valence-electron chi connectivity index (χ4n) is 9.10. The topological polar surface area (TPSA) is 0 Å². The van der Waals surface area contributed by atoms with Gasteiger partial charge in [0.15, 0.2) is 0 Å². The summed E-state index contributed by atoms with van der Waals surface area (Å²) in [5.41, 5.74) is 9.63. The maximum atomic E-state index is 2.70. The molecule has 278 valence electrons. The third-order valence-corrected chi connectivity index (χ3v) is 12.0. The van der Waals surface area contributed by atoms with E-state index in [4.69, 9.17) is 0 Å². The number of benzene rings is 4. The Kier molecular flexibility index (Phi) is 18.5. The van der Waals surface area contributed by atoms with E-state index < -0.39 is 0 Å². The molecule has 0 fully saturated rings. The summed E-state index contributed by atoms with van der Waals surface area (Å²) in [5, 5.41) is 9.72. The molecule has 0 nitrogen and oxygen atoms in total. The molecule has 0 unspecified atom stereocenters. The van der Waals surface area contributed by atoms with Crippen LogP contribution in [0.2, 0.25) is 0 Å². The summed E-state index contributed by atoms with van der Waals surface area (Å²) in [7, 11) is 0. The number of hydrogen-bond acceptors (Lipinski definition) is 0. The molecular formula is C50H78. The van der Waals surface area contributed by atoms with Gasteiger partial charge in [0.1, 0.15) is 0 Å². The number of aryl methyl sites for hydroxylation is 6. The van der Waals surface area contributed by atoms with Gasteiger partial charge in [0.2, 0.25) is 0 Å². The Bertz CT molecular complexity index is 1400. The SMILES string of the molecule is CCCCCCCCc1cc(C)c2cc(CCCCCCCC)c3c(CCCCCCCC)cc(C)c4cc(CCCCCCCC)c1c2c43. The van der Waals surface area contributed by atoms with Crippen LogP contribution in [0.3, 0.4) is 0 Å². The van der Waals surface area contributed by atoms with Gasteiger partial charge in [0, 0.05) is 0 Å². The van der Waals surface area contributed by atoms with Crippen LogP contribution in [-0.4, -0.2) is 0 Å². The standard InChI is InChI=1S/C50H78/c1-7-11-15-19-23-27-31-41-35-39(5)45-38-44(34-30-26-22-18-14-10-4)48-42(32-28-24-20-16-12-8-2)36-40(6)46-37-43(47(41)49(45)50(46)48)33-29-25-21-17-13-9-3/h35-38H,7-34H2,1-6H3. The Hall–Kier alpha value is -2.08. The summed E-state index contributed by atoms with van der Waals surface area (Å²) in [5.74, 6) is 0. The minimum absolute atomic E-state index is 1.23. The van der Waals surface area contributed by atoms with Crippen LogP contribution in [0.4, 0.5) is 0 Å². The van der Waals surface area contributed by atoms with Crippen LogP contribution in [0.25, 0.3) is 32.3 Å². The lowest BCUT2D eigenvalue weighted by Crippen LogP contribution is -2.03. The average molecular weight is 679 g/mol. The molecule has 50 heavy (non-hydrogen) atoms. The minimum Gasteiger partial charge on any atom is -0.0654 e. The van der Waals surface area contributed by atoms with Crippen LogP contribution < -0.4 is 0 Å². The van der Waals surface area contributed by atoms with Crippen molar-refractivity contribution in [3.63, 3.8) is 0 Å². The molecule has 0 bridgehead atoms. The summed E-state index contributed by atoms with van der Waals surface area (Å²) in [6.07, 6.45) is 37.8. The Morgan fingerprint density at radius 1 is 0.280 bits per heavy atom. The van der Waals surface area contributed by atoms with Gasteiger partial charge in [-0.3, -0.25) is 0 Å². The highest BCUT2D eigenvalue weighted by Gasteiger charge is 2.22. The van der Waals surface area contributed by atoms with Gasteiger partial charge in [-0.05, 0) is 131 Å². The average Bonchev–Trinajstić information content (AvgIpc) is 3.11. The molecule has 4 aromatic carbocycles. The van der Waals surface area contributed by atoms with Gasteiger partial charge in [-0.1, -0.05) is 180 Å². The highest BCUT2D eigenvalue weighted by Crippen LogP contribution is 2.45. The van der Waals surface area contributed by atoms with Crippen LogP contribution in [0.5, 0.6) is 0 Å². The van der Waals surface area contributed by atoms with Gasteiger partial charge >= 0.3 is 0 Å². The first kappa shape index (κ1) is 40.7. The molecule has 0 radical (unpaired) electrons. The zero-order valence-corrected chi connectivity index (χ0v) is 34.1. The van der Waals surface area contributed by atoms with Crippen LogP contribution in [0.1, 0.15) is 215 Å². The minimum atomic E-state index is 1.23. The summed E-state index contributed by atoms with van der Waals surface area (Å²) in [4.78, 5) is 0. The van der Waals surface area contributed by atoms with E-state index in [2.05, 4.69) is 65.8 Å². The van der Waals surface area contributed by atoms with Crippen molar-refractivity contribution in [2.45, 2.75) is 221 Å². The van der Waals surface area contributed by atoms with E-state index in [1.54, 1.807) is 54.6 Å². The van der Waals surface area contributed by atoms with Crippen molar-refractivity contribution in [2.24, 2.45) is 0 Å². The predicted octanol–water partition coefficient (Wildman–Crippen LogP) is 16.8. The van der Waals surface area contributed by atoms with Crippen molar-refractivity contribution < 1.29 is 0 Å². The number of hydrogen-bond donors (Lipinski definition) is 0. The molecule has 4 aromatic rings. The van der Waals surface area contributed by atoms with Crippen LogP contribution in [-0.2, 0) is 25.7 Å². The Labute approximate surface area is 310 Å². The molecule has 0 aliphatic heterocycles. The predicted molar refractivity (Wildman–Crippen MR) is 228 cm³/mol. The first-order valence-corrected chi connectivity index (χ1v) is 22.3. The molecule has 0 heteroatoms. The van der Waals surface area contributed by atoms with E-state index in [0.717, 1.165) is 0 Å². The molecule has 0 atom stereocenters. The fourth-order valence-corrected chi connectivity index (χ4v) is 9.10. The highest BCUT2D eigenvalue weighted by atomic mass is 14.3. The Morgan fingerprint density at radius 3 is 0.800 bits per heavy atom. The van der Waals surface area contributed by atoms with Gasteiger partial charge in [-0.15, -0.1) is 0 Å². The van der Waals surface area contributed by atoms with E-state index in [1.807, 2.05) is 0 Å². The fraction of sp³-hybridized carbons (Fsp3) is 0.680. The van der Waals surface area contributed by atoms with Crippen LogP contribution in [0, 0.1) is 13.8 Å². The lowest BCUT2D eigenvalue weighted by atomic mass is 9.80. The first-order chi connectivity index (χ1) is 24.5. The molecule has 4 rings (SSSR count). The maximum absolute atomic E-state index is 2.70. The second-order valence-corrected chi connectivity index (χ2v) is 16.4. The second-order valence-electron chi connectivity index (χ2n) is 16.4. The van der Waals surface area contributed by atoms with Gasteiger partial charge in [-0.2, -0.15) is 0 Å². The first-order valence-electron chi connectivity index (χ1n) is 22.3. The quantitative estimate of drug-likeness (QED) is 0.0414. The normalized spacial score (nSPS) is 12.0. The van der Waals surface area contributed by atoms with E-state index in [1.165, 1.54) is 191 Å². The smallest absolute Gasteiger partial charge is 0.00182 e. The van der Waals surface area contributed by atoms with E-state index >= 15 is 0 Å². The third-order valence-electron chi connectivity index (χ3n) is 12.0. The largest absolute Gasteiger partial charge is 0.0654 e. The molecule has 0 heterocycles. The van der Waals surface area contributed by atoms with Crippen molar-refractivity contribution >= 4 is 32.3 Å².